The molecule has 0 atom stereocenters. The maximum absolute atomic E-state index is 13.7. The summed E-state index contributed by atoms with van der Waals surface area (Å²) in [5.74, 6) is -0.123. The fourth-order valence-electron chi connectivity index (χ4n) is 2.63. The third-order valence-corrected chi connectivity index (χ3v) is 5.59. The molecule has 0 bridgehead atoms. The zero-order valence-corrected chi connectivity index (χ0v) is 18.4. The number of carbonyl (C=O) groups excluding carboxylic acids is 1. The van der Waals surface area contributed by atoms with Crippen molar-refractivity contribution in [2.75, 3.05) is 21.7 Å². The summed E-state index contributed by atoms with van der Waals surface area (Å²) in [7, 11) is 0. The Morgan fingerprint density at radius 3 is 2.20 bits per heavy atom. The molecule has 0 aliphatic heterocycles. The van der Waals surface area contributed by atoms with Crippen molar-refractivity contribution in [1.29, 1.82) is 0 Å². The lowest BCUT2D eigenvalue weighted by Crippen LogP contribution is -2.19. The Bertz CT molecular complexity index is 1060. The largest absolute Gasteiger partial charge is 0.332 e. The molecule has 0 aliphatic carbocycles. The Morgan fingerprint density at radius 1 is 0.967 bits per heavy atom. The van der Waals surface area contributed by atoms with E-state index < -0.39 is 11.7 Å². The summed E-state index contributed by atoms with van der Waals surface area (Å²) in [5, 5.41) is 9.91. The van der Waals surface area contributed by atoms with Gasteiger partial charge in [0.2, 0.25) is 0 Å². The maximum atomic E-state index is 13.7. The lowest BCUT2D eigenvalue weighted by molar-refractivity contribution is 0.102. The fourth-order valence-corrected chi connectivity index (χ4v) is 3.88. The van der Waals surface area contributed by atoms with Gasteiger partial charge in [-0.15, -0.1) is 11.8 Å². The van der Waals surface area contributed by atoms with Crippen LogP contribution in [0.4, 0.5) is 21.5 Å². The lowest BCUT2D eigenvalue weighted by atomic mass is 10.2. The van der Waals surface area contributed by atoms with Crippen LogP contribution in [0.15, 0.2) is 71.6 Å². The van der Waals surface area contributed by atoms with Crippen LogP contribution in [0.25, 0.3) is 0 Å². The molecule has 8 heteroatoms. The highest BCUT2D eigenvalue weighted by molar-refractivity contribution is 7.99. The summed E-state index contributed by atoms with van der Waals surface area (Å²) >= 11 is 13.3. The third-order valence-electron chi connectivity index (χ3n) is 4.01. The average molecular weight is 460 g/mol. The summed E-state index contributed by atoms with van der Waals surface area (Å²) in [6.07, 6.45) is 0. The Hall–Kier alpha value is -2.61. The predicted molar refractivity (Wildman–Crippen MR) is 128 cm³/mol. The van der Waals surface area contributed by atoms with Crippen molar-refractivity contribution in [2.24, 2.45) is 0 Å². The summed E-state index contributed by atoms with van der Waals surface area (Å²) in [6.45, 7) is 2.07. The van der Waals surface area contributed by atoms with E-state index in [9.17, 15) is 9.18 Å². The first-order chi connectivity index (χ1) is 14.5. The van der Waals surface area contributed by atoms with Gasteiger partial charge in [-0.25, -0.2) is 4.39 Å². The van der Waals surface area contributed by atoms with Crippen molar-refractivity contribution in [3.8, 4) is 0 Å². The standard InChI is InChI=1S/C22H19ClFN3OS2/c1-2-30-20-12-11-16(13-18(20)23)27-22(29)26-15-9-7-14(8-10-15)25-21(28)17-5-3-4-6-19(17)24/h3-13H,2H2,1H3,(H,25,28)(H2,26,27,29). The molecular formula is C22H19ClFN3OS2. The Kier molecular flexibility index (Phi) is 7.68. The molecule has 0 unspecified atom stereocenters. The van der Waals surface area contributed by atoms with Crippen molar-refractivity contribution in [1.82, 2.24) is 0 Å². The molecule has 30 heavy (non-hydrogen) atoms. The van der Waals surface area contributed by atoms with Crippen LogP contribution in [-0.4, -0.2) is 16.8 Å². The Balaban J connectivity index is 1.57. The van der Waals surface area contributed by atoms with Crippen LogP contribution in [0, 0.1) is 5.82 Å². The molecule has 1 amide bonds. The number of nitrogens with one attached hydrogen (secondary N) is 3. The van der Waals surface area contributed by atoms with Crippen LogP contribution in [0.3, 0.4) is 0 Å². The zero-order valence-electron chi connectivity index (χ0n) is 16.0. The summed E-state index contributed by atoms with van der Waals surface area (Å²) in [4.78, 5) is 13.2. The predicted octanol–water partition coefficient (Wildman–Crippen LogP) is 6.65. The molecule has 0 aromatic heterocycles. The molecule has 0 aliphatic rings. The average Bonchev–Trinajstić information content (AvgIpc) is 2.72. The molecule has 0 heterocycles. The van der Waals surface area contributed by atoms with Crippen LogP contribution >= 0.6 is 35.6 Å². The highest BCUT2D eigenvalue weighted by Gasteiger charge is 2.11. The summed E-state index contributed by atoms with van der Waals surface area (Å²) < 4.78 is 13.7. The second-order valence-corrected chi connectivity index (χ2v) is 8.29. The summed E-state index contributed by atoms with van der Waals surface area (Å²) in [6, 6.07) is 18.5. The van der Waals surface area contributed by atoms with Gasteiger partial charge in [-0.05, 0) is 72.6 Å². The molecule has 0 spiro atoms. The van der Waals surface area contributed by atoms with Gasteiger partial charge in [0.1, 0.15) is 5.82 Å². The maximum Gasteiger partial charge on any atom is 0.258 e. The third kappa shape index (κ3) is 5.95. The van der Waals surface area contributed by atoms with Gasteiger partial charge in [0.15, 0.2) is 5.11 Å². The minimum atomic E-state index is -0.564. The van der Waals surface area contributed by atoms with E-state index in [0.29, 0.717) is 15.8 Å². The monoisotopic (exact) mass is 459 g/mol. The van der Waals surface area contributed by atoms with Gasteiger partial charge in [-0.2, -0.15) is 0 Å². The molecule has 0 fully saturated rings. The van der Waals surface area contributed by atoms with Crippen molar-refractivity contribution in [3.63, 3.8) is 0 Å². The molecule has 0 radical (unpaired) electrons. The van der Waals surface area contributed by atoms with Crippen molar-refractivity contribution in [2.45, 2.75) is 11.8 Å². The molecule has 3 aromatic carbocycles. The van der Waals surface area contributed by atoms with E-state index in [2.05, 4.69) is 22.9 Å². The minimum Gasteiger partial charge on any atom is -0.332 e. The first-order valence-corrected chi connectivity index (χ1v) is 10.9. The number of thiocarbonyl (C=S) groups is 1. The summed E-state index contributed by atoms with van der Waals surface area (Å²) in [5.41, 5.74) is 2.06. The van der Waals surface area contributed by atoms with Crippen LogP contribution in [-0.2, 0) is 0 Å². The molecule has 154 valence electrons. The van der Waals surface area contributed by atoms with E-state index >= 15 is 0 Å². The molecule has 3 rings (SSSR count). The van der Waals surface area contributed by atoms with Gasteiger partial charge in [0, 0.05) is 22.0 Å². The molecule has 0 saturated carbocycles. The minimum absolute atomic E-state index is 0.00732. The topological polar surface area (TPSA) is 53.2 Å². The van der Waals surface area contributed by atoms with Crippen LogP contribution in [0.1, 0.15) is 17.3 Å². The number of thioether (sulfide) groups is 1. The van der Waals surface area contributed by atoms with Crippen molar-refractivity contribution in [3.05, 3.63) is 83.1 Å². The fraction of sp³-hybridized carbons (Fsp3) is 0.0909. The van der Waals surface area contributed by atoms with Gasteiger partial charge >= 0.3 is 0 Å². The quantitative estimate of drug-likeness (QED) is 0.284. The van der Waals surface area contributed by atoms with Gasteiger partial charge in [0.25, 0.3) is 5.91 Å². The number of halogens is 2. The molecular weight excluding hydrogens is 441 g/mol. The number of anilines is 3. The molecule has 3 N–H and O–H groups in total. The van der Waals surface area contributed by atoms with Gasteiger partial charge in [-0.3, -0.25) is 4.79 Å². The second kappa shape index (κ2) is 10.4. The molecule has 0 saturated heterocycles. The molecule has 4 nitrogen and oxygen atoms in total. The zero-order chi connectivity index (χ0) is 21.5. The van der Waals surface area contributed by atoms with Crippen LogP contribution < -0.4 is 16.0 Å². The van der Waals surface area contributed by atoms with E-state index in [1.165, 1.54) is 18.2 Å². The Labute approximate surface area is 189 Å². The van der Waals surface area contributed by atoms with E-state index in [4.69, 9.17) is 23.8 Å². The smallest absolute Gasteiger partial charge is 0.258 e. The number of hydrogen-bond donors (Lipinski definition) is 3. The Morgan fingerprint density at radius 2 is 1.57 bits per heavy atom. The van der Waals surface area contributed by atoms with Crippen molar-refractivity contribution < 1.29 is 9.18 Å². The van der Waals surface area contributed by atoms with Crippen LogP contribution in [0.2, 0.25) is 5.02 Å². The first kappa shape index (κ1) is 22.1. The normalized spacial score (nSPS) is 10.4. The number of amides is 1. The SMILES string of the molecule is CCSc1ccc(NC(=S)Nc2ccc(NC(=O)c3ccccc3F)cc2)cc1Cl. The van der Waals surface area contributed by atoms with E-state index in [-0.39, 0.29) is 5.56 Å². The van der Waals surface area contributed by atoms with Gasteiger partial charge in [0.05, 0.1) is 10.6 Å². The number of rotatable bonds is 6. The highest BCUT2D eigenvalue weighted by Crippen LogP contribution is 2.29. The number of carbonyl (C=O) groups is 1. The number of hydrogen-bond acceptors (Lipinski definition) is 3. The number of benzene rings is 3. The van der Waals surface area contributed by atoms with Gasteiger partial charge in [-0.1, -0.05) is 30.7 Å². The lowest BCUT2D eigenvalue weighted by Gasteiger charge is -2.12. The van der Waals surface area contributed by atoms with Gasteiger partial charge < -0.3 is 16.0 Å². The van der Waals surface area contributed by atoms with E-state index in [1.807, 2.05) is 18.2 Å². The first-order valence-electron chi connectivity index (χ1n) is 9.12. The van der Waals surface area contributed by atoms with E-state index in [1.54, 1.807) is 42.1 Å². The van der Waals surface area contributed by atoms with Crippen LogP contribution in [0.5, 0.6) is 0 Å². The highest BCUT2D eigenvalue weighted by atomic mass is 35.5. The van der Waals surface area contributed by atoms with E-state index in [0.717, 1.165) is 22.0 Å². The van der Waals surface area contributed by atoms with Crippen molar-refractivity contribution >= 4 is 63.7 Å². The molecule has 3 aromatic rings. The second-order valence-electron chi connectivity index (χ2n) is 6.17.